The number of nitrogens with zero attached hydrogens (tertiary/aromatic N) is 3. The summed E-state index contributed by atoms with van der Waals surface area (Å²) in [5.41, 5.74) is 6.05. The lowest BCUT2D eigenvalue weighted by Crippen LogP contribution is -2.02. The summed E-state index contributed by atoms with van der Waals surface area (Å²) in [7, 11) is 1.71. The van der Waals surface area contributed by atoms with Crippen molar-refractivity contribution in [3.63, 3.8) is 0 Å². The summed E-state index contributed by atoms with van der Waals surface area (Å²) in [5.74, 6) is 0.959. The third-order valence-corrected chi connectivity index (χ3v) is 1.64. The third kappa shape index (κ3) is 1.07. The van der Waals surface area contributed by atoms with Crippen LogP contribution in [-0.4, -0.2) is 16.8 Å². The van der Waals surface area contributed by atoms with E-state index in [0.717, 1.165) is 0 Å². The Labute approximate surface area is 70.8 Å². The molecule has 0 aliphatic carbocycles. The summed E-state index contributed by atoms with van der Waals surface area (Å²) in [6, 6.07) is 2.00. The molecule has 0 saturated carbocycles. The molecular weight excluding hydrogens is 154 g/mol. The molecule has 0 spiro atoms. The van der Waals surface area contributed by atoms with Gasteiger partial charge in [0.25, 0.3) is 0 Å². The molecule has 0 unspecified atom stereocenters. The van der Waals surface area contributed by atoms with Crippen LogP contribution in [0.3, 0.4) is 0 Å². The van der Waals surface area contributed by atoms with Crippen molar-refractivity contribution in [2.24, 2.45) is 0 Å². The molecule has 0 bridgehead atoms. The lowest BCUT2D eigenvalue weighted by Gasteiger charge is -1.95. The van der Waals surface area contributed by atoms with Crippen LogP contribution in [-0.2, 0) is 6.54 Å². The van der Waals surface area contributed by atoms with Gasteiger partial charge in [0.1, 0.15) is 17.5 Å². The summed E-state index contributed by atoms with van der Waals surface area (Å²) in [5, 5.41) is 15.6. The van der Waals surface area contributed by atoms with Gasteiger partial charge in [0.2, 0.25) is 0 Å². The largest absolute Gasteiger partial charge is 0.383 e. The summed E-state index contributed by atoms with van der Waals surface area (Å²) in [6.45, 7) is 2.59. The van der Waals surface area contributed by atoms with Crippen LogP contribution in [0.25, 0.3) is 0 Å². The van der Waals surface area contributed by atoms with Crippen molar-refractivity contribution >= 4 is 11.6 Å². The minimum absolute atomic E-state index is 0.416. The molecule has 0 aliphatic rings. The number of nitriles is 1. The maximum absolute atomic E-state index is 8.72. The fourth-order valence-electron chi connectivity index (χ4n) is 1.00. The smallest absolute Gasteiger partial charge is 0.168 e. The zero-order chi connectivity index (χ0) is 9.14. The molecule has 64 valence electrons. The van der Waals surface area contributed by atoms with Crippen LogP contribution in [0.5, 0.6) is 0 Å². The van der Waals surface area contributed by atoms with Gasteiger partial charge in [-0.15, -0.1) is 0 Å². The minimum atomic E-state index is 0.416. The van der Waals surface area contributed by atoms with Crippen molar-refractivity contribution in [1.82, 2.24) is 9.78 Å². The van der Waals surface area contributed by atoms with E-state index in [1.165, 1.54) is 0 Å². The van der Waals surface area contributed by atoms with Crippen molar-refractivity contribution in [3.05, 3.63) is 5.56 Å². The van der Waals surface area contributed by atoms with Gasteiger partial charge < -0.3 is 11.1 Å². The first-order valence-corrected chi connectivity index (χ1v) is 3.68. The molecule has 1 aromatic heterocycles. The fraction of sp³-hybridized carbons (Fsp3) is 0.429. The van der Waals surface area contributed by atoms with E-state index in [1.54, 1.807) is 11.7 Å². The molecule has 5 nitrogen and oxygen atoms in total. The van der Waals surface area contributed by atoms with Crippen LogP contribution in [0.4, 0.5) is 11.6 Å². The van der Waals surface area contributed by atoms with Crippen molar-refractivity contribution in [2.75, 3.05) is 18.1 Å². The summed E-state index contributed by atoms with van der Waals surface area (Å²) in [6.07, 6.45) is 0. The van der Waals surface area contributed by atoms with E-state index in [4.69, 9.17) is 11.0 Å². The van der Waals surface area contributed by atoms with Gasteiger partial charge in [-0.3, -0.25) is 0 Å². The van der Waals surface area contributed by atoms with Gasteiger partial charge in [-0.05, 0) is 6.92 Å². The number of hydrogen-bond donors (Lipinski definition) is 2. The van der Waals surface area contributed by atoms with Gasteiger partial charge >= 0.3 is 0 Å². The van der Waals surface area contributed by atoms with Crippen molar-refractivity contribution in [1.29, 1.82) is 5.26 Å². The molecule has 0 amide bonds. The molecule has 5 heteroatoms. The van der Waals surface area contributed by atoms with Crippen LogP contribution >= 0.6 is 0 Å². The standard InChI is InChI=1S/C7H11N5/c1-3-12-6(9)5(4-8)7(10-2)11-12/h3,9H2,1-2H3,(H,10,11). The number of nitrogens with one attached hydrogen (secondary N) is 1. The number of hydrogen-bond acceptors (Lipinski definition) is 4. The maximum Gasteiger partial charge on any atom is 0.168 e. The molecule has 0 radical (unpaired) electrons. The second kappa shape index (κ2) is 3.13. The van der Waals surface area contributed by atoms with Gasteiger partial charge in [-0.1, -0.05) is 0 Å². The predicted octanol–water partition coefficient (Wildman–Crippen LogP) is 0.399. The van der Waals surface area contributed by atoms with Gasteiger partial charge in [0.15, 0.2) is 5.82 Å². The highest BCUT2D eigenvalue weighted by Gasteiger charge is 2.12. The van der Waals surface area contributed by atoms with Crippen LogP contribution in [0.15, 0.2) is 0 Å². The Morgan fingerprint density at radius 2 is 2.42 bits per heavy atom. The lowest BCUT2D eigenvalue weighted by molar-refractivity contribution is 0.672. The number of nitrogens with two attached hydrogens (primary N) is 1. The molecule has 1 heterocycles. The Balaban J connectivity index is 3.25. The summed E-state index contributed by atoms with van der Waals surface area (Å²) >= 11 is 0. The van der Waals surface area contributed by atoms with Crippen LogP contribution < -0.4 is 11.1 Å². The molecule has 0 aromatic carbocycles. The van der Waals surface area contributed by atoms with E-state index in [9.17, 15) is 0 Å². The Hall–Kier alpha value is -1.70. The summed E-state index contributed by atoms with van der Waals surface area (Å²) < 4.78 is 1.59. The topological polar surface area (TPSA) is 79.7 Å². The van der Waals surface area contributed by atoms with Crippen LogP contribution in [0, 0.1) is 11.3 Å². The van der Waals surface area contributed by atoms with E-state index in [2.05, 4.69) is 10.4 Å². The van der Waals surface area contributed by atoms with Crippen molar-refractivity contribution in [2.45, 2.75) is 13.5 Å². The van der Waals surface area contributed by atoms with E-state index in [-0.39, 0.29) is 0 Å². The molecule has 12 heavy (non-hydrogen) atoms. The number of rotatable bonds is 2. The average Bonchev–Trinajstić information content (AvgIpc) is 2.41. The molecule has 0 saturated heterocycles. The van der Waals surface area contributed by atoms with E-state index in [1.807, 2.05) is 13.0 Å². The second-order valence-corrected chi connectivity index (χ2v) is 2.29. The van der Waals surface area contributed by atoms with Crippen molar-refractivity contribution < 1.29 is 0 Å². The van der Waals surface area contributed by atoms with E-state index in [0.29, 0.717) is 23.7 Å². The predicted molar refractivity (Wildman–Crippen MR) is 46.6 cm³/mol. The van der Waals surface area contributed by atoms with E-state index >= 15 is 0 Å². The Kier molecular flexibility index (Phi) is 2.19. The first-order valence-electron chi connectivity index (χ1n) is 3.68. The normalized spacial score (nSPS) is 9.42. The molecule has 0 atom stereocenters. The van der Waals surface area contributed by atoms with Crippen LogP contribution in [0.2, 0.25) is 0 Å². The van der Waals surface area contributed by atoms with Gasteiger partial charge in [-0.2, -0.15) is 10.4 Å². The van der Waals surface area contributed by atoms with Gasteiger partial charge in [0.05, 0.1) is 0 Å². The molecule has 3 N–H and O–H groups in total. The fourth-order valence-corrected chi connectivity index (χ4v) is 1.00. The molecule has 1 aromatic rings. The number of aryl methyl sites for hydroxylation is 1. The average molecular weight is 165 g/mol. The number of anilines is 2. The molecule has 0 aliphatic heterocycles. The number of aromatic nitrogens is 2. The monoisotopic (exact) mass is 165 g/mol. The maximum atomic E-state index is 8.72. The van der Waals surface area contributed by atoms with Crippen molar-refractivity contribution in [3.8, 4) is 6.07 Å². The zero-order valence-electron chi connectivity index (χ0n) is 7.13. The summed E-state index contributed by atoms with van der Waals surface area (Å²) in [4.78, 5) is 0. The highest BCUT2D eigenvalue weighted by molar-refractivity contribution is 5.63. The Morgan fingerprint density at radius 1 is 1.75 bits per heavy atom. The number of nitrogen functional groups attached to an aromatic ring is 1. The second-order valence-electron chi connectivity index (χ2n) is 2.29. The van der Waals surface area contributed by atoms with Gasteiger partial charge in [0, 0.05) is 13.6 Å². The minimum Gasteiger partial charge on any atom is -0.383 e. The molecular formula is C7H11N5. The molecule has 0 fully saturated rings. The first-order chi connectivity index (χ1) is 5.74. The van der Waals surface area contributed by atoms with Gasteiger partial charge in [-0.25, -0.2) is 4.68 Å². The van der Waals surface area contributed by atoms with E-state index < -0.39 is 0 Å². The molecule has 1 rings (SSSR count). The first kappa shape index (κ1) is 8.40. The highest BCUT2D eigenvalue weighted by atomic mass is 15.3. The quantitative estimate of drug-likeness (QED) is 0.664. The third-order valence-electron chi connectivity index (χ3n) is 1.64. The Bertz CT molecular complexity index is 319. The highest BCUT2D eigenvalue weighted by Crippen LogP contribution is 2.19. The lowest BCUT2D eigenvalue weighted by atomic mass is 10.3. The Morgan fingerprint density at radius 3 is 2.75 bits per heavy atom. The zero-order valence-corrected chi connectivity index (χ0v) is 7.13. The van der Waals surface area contributed by atoms with Crippen LogP contribution in [0.1, 0.15) is 12.5 Å². The SMILES string of the molecule is CCn1nc(NC)c(C#N)c1N.